The van der Waals surface area contributed by atoms with Gasteiger partial charge in [0.15, 0.2) is 6.10 Å². The molecule has 0 saturated heterocycles. The Kier molecular flexibility index (Phi) is 9.64. The Morgan fingerprint density at radius 1 is 1.29 bits per heavy atom. The summed E-state index contributed by atoms with van der Waals surface area (Å²) in [7, 11) is 0. The molecule has 0 saturated carbocycles. The summed E-state index contributed by atoms with van der Waals surface area (Å²) in [4.78, 5) is 24.2. The fraction of sp³-hybridized carbons (Fsp3) is 0.778. The Balaban J connectivity index is 2.73. The highest BCUT2D eigenvalue weighted by atomic mass is 16.6. The first-order valence-corrected chi connectivity index (χ1v) is 8.92. The van der Waals surface area contributed by atoms with Crippen LogP contribution in [0.25, 0.3) is 0 Å². The lowest BCUT2D eigenvalue weighted by molar-refractivity contribution is -0.178. The molecule has 6 heteroatoms. The highest BCUT2D eigenvalue weighted by Gasteiger charge is 2.32. The number of cyclic esters (lactones) is 1. The van der Waals surface area contributed by atoms with Crippen molar-refractivity contribution in [3.05, 3.63) is 12.2 Å². The molecular formula is C18H30O6. The lowest BCUT2D eigenvalue weighted by Gasteiger charge is -2.28. The number of hydrogen-bond donors (Lipinski definition) is 2. The van der Waals surface area contributed by atoms with Crippen molar-refractivity contribution in [3.8, 4) is 0 Å². The predicted octanol–water partition coefficient (Wildman–Crippen LogP) is 2.26. The minimum absolute atomic E-state index is 0.285. The number of unbranched alkanes of at least 4 members (excludes halogenated alkanes) is 2. The SMILES string of the molecule is CCCCCC(=O)O[C@H]1CC/C=C/[C@H](O)[C@H](O)[C@@H](CCC)OC1=O. The summed E-state index contributed by atoms with van der Waals surface area (Å²) in [6.45, 7) is 3.94. The molecule has 4 atom stereocenters. The monoisotopic (exact) mass is 342 g/mol. The van der Waals surface area contributed by atoms with E-state index < -0.39 is 36.4 Å². The molecule has 1 rings (SSSR count). The van der Waals surface area contributed by atoms with Crippen LogP contribution in [0.15, 0.2) is 12.2 Å². The summed E-state index contributed by atoms with van der Waals surface area (Å²) in [5.74, 6) is -1.06. The molecule has 1 heterocycles. The lowest BCUT2D eigenvalue weighted by Crippen LogP contribution is -2.42. The van der Waals surface area contributed by atoms with Crippen molar-refractivity contribution in [2.24, 2.45) is 0 Å². The normalized spacial score (nSPS) is 29.6. The van der Waals surface area contributed by atoms with Crippen molar-refractivity contribution >= 4 is 11.9 Å². The summed E-state index contributed by atoms with van der Waals surface area (Å²) >= 11 is 0. The van der Waals surface area contributed by atoms with Gasteiger partial charge < -0.3 is 19.7 Å². The quantitative estimate of drug-likeness (QED) is 0.419. The van der Waals surface area contributed by atoms with E-state index in [0.717, 1.165) is 19.3 Å². The van der Waals surface area contributed by atoms with Crippen LogP contribution in [0.4, 0.5) is 0 Å². The van der Waals surface area contributed by atoms with Crippen LogP contribution in [0.3, 0.4) is 0 Å². The van der Waals surface area contributed by atoms with E-state index in [1.54, 1.807) is 6.08 Å². The standard InChI is InChI=1S/C18H30O6/c1-3-5-6-12-16(20)23-15-11-8-7-10-13(19)17(21)14(9-4-2)24-18(15)22/h7,10,13-15,17,19,21H,3-6,8-9,11-12H2,1-2H3/b10-7+/t13-,14+,15-,17-/m0/s1. The Morgan fingerprint density at radius 3 is 2.71 bits per heavy atom. The number of ether oxygens (including phenoxy) is 2. The predicted molar refractivity (Wildman–Crippen MR) is 89.2 cm³/mol. The maximum Gasteiger partial charge on any atom is 0.347 e. The maximum atomic E-state index is 12.3. The van der Waals surface area contributed by atoms with Crippen molar-refractivity contribution < 1.29 is 29.3 Å². The van der Waals surface area contributed by atoms with Gasteiger partial charge in [0.05, 0.1) is 0 Å². The van der Waals surface area contributed by atoms with Crippen molar-refractivity contribution in [1.29, 1.82) is 0 Å². The zero-order valence-corrected chi connectivity index (χ0v) is 14.6. The van der Waals surface area contributed by atoms with E-state index in [4.69, 9.17) is 9.47 Å². The largest absolute Gasteiger partial charge is 0.457 e. The summed E-state index contributed by atoms with van der Waals surface area (Å²) in [6.07, 6.45) is 3.95. The number of aliphatic hydroxyl groups is 2. The van der Waals surface area contributed by atoms with E-state index in [1.807, 2.05) is 13.8 Å². The molecule has 0 radical (unpaired) electrons. The molecular weight excluding hydrogens is 312 g/mol. The van der Waals surface area contributed by atoms with E-state index in [1.165, 1.54) is 6.08 Å². The van der Waals surface area contributed by atoms with Crippen molar-refractivity contribution in [3.63, 3.8) is 0 Å². The average molecular weight is 342 g/mol. The highest BCUT2D eigenvalue weighted by molar-refractivity contribution is 5.79. The maximum absolute atomic E-state index is 12.3. The molecule has 0 amide bonds. The number of allylic oxidation sites excluding steroid dienone is 1. The number of esters is 2. The van der Waals surface area contributed by atoms with Crippen LogP contribution in [-0.4, -0.2) is 46.6 Å². The second-order valence-corrected chi connectivity index (χ2v) is 6.19. The Bertz CT molecular complexity index is 420. The van der Waals surface area contributed by atoms with Crippen molar-refractivity contribution in [2.75, 3.05) is 0 Å². The van der Waals surface area contributed by atoms with Crippen molar-refractivity contribution in [2.45, 2.75) is 89.6 Å². The molecule has 1 aliphatic rings. The van der Waals surface area contributed by atoms with Gasteiger partial charge in [0, 0.05) is 6.42 Å². The first kappa shape index (κ1) is 20.6. The molecule has 24 heavy (non-hydrogen) atoms. The number of carbonyl (C=O) groups is 2. The number of hydrogen-bond acceptors (Lipinski definition) is 6. The molecule has 0 aromatic carbocycles. The fourth-order valence-electron chi connectivity index (χ4n) is 2.59. The molecule has 0 aliphatic carbocycles. The zero-order valence-electron chi connectivity index (χ0n) is 14.6. The molecule has 0 bridgehead atoms. The van der Waals surface area contributed by atoms with Crippen LogP contribution in [0.5, 0.6) is 0 Å². The molecule has 138 valence electrons. The molecule has 1 aliphatic heterocycles. The van der Waals surface area contributed by atoms with Gasteiger partial charge in [-0.05, 0) is 25.7 Å². The van der Waals surface area contributed by atoms with Gasteiger partial charge in [-0.2, -0.15) is 0 Å². The van der Waals surface area contributed by atoms with Crippen LogP contribution in [0.2, 0.25) is 0 Å². The van der Waals surface area contributed by atoms with Gasteiger partial charge in [0.2, 0.25) is 0 Å². The van der Waals surface area contributed by atoms with Crippen LogP contribution in [0.1, 0.15) is 65.2 Å². The average Bonchev–Trinajstić information content (AvgIpc) is 2.55. The Labute approximate surface area is 143 Å². The fourth-order valence-corrected chi connectivity index (χ4v) is 2.59. The third-order valence-electron chi connectivity index (χ3n) is 4.02. The first-order chi connectivity index (χ1) is 11.5. The molecule has 0 aromatic heterocycles. The van der Waals surface area contributed by atoms with Gasteiger partial charge in [-0.25, -0.2) is 4.79 Å². The third-order valence-corrected chi connectivity index (χ3v) is 4.02. The summed E-state index contributed by atoms with van der Waals surface area (Å²) < 4.78 is 10.6. The minimum atomic E-state index is -1.19. The summed E-state index contributed by atoms with van der Waals surface area (Å²) in [6, 6.07) is 0. The van der Waals surface area contributed by atoms with Gasteiger partial charge in [0.1, 0.15) is 18.3 Å². The highest BCUT2D eigenvalue weighted by Crippen LogP contribution is 2.18. The number of rotatable bonds is 7. The van der Waals surface area contributed by atoms with E-state index in [9.17, 15) is 19.8 Å². The second kappa shape index (κ2) is 11.2. The summed E-state index contributed by atoms with van der Waals surface area (Å²) in [5.41, 5.74) is 0. The first-order valence-electron chi connectivity index (χ1n) is 8.92. The molecule has 0 spiro atoms. The molecule has 0 unspecified atom stereocenters. The zero-order chi connectivity index (χ0) is 17.9. The van der Waals surface area contributed by atoms with Gasteiger partial charge in [0.25, 0.3) is 0 Å². The van der Waals surface area contributed by atoms with Gasteiger partial charge in [-0.15, -0.1) is 0 Å². The van der Waals surface area contributed by atoms with E-state index in [2.05, 4.69) is 0 Å². The van der Waals surface area contributed by atoms with E-state index in [-0.39, 0.29) is 6.42 Å². The van der Waals surface area contributed by atoms with Crippen LogP contribution < -0.4 is 0 Å². The van der Waals surface area contributed by atoms with E-state index in [0.29, 0.717) is 25.7 Å². The van der Waals surface area contributed by atoms with E-state index >= 15 is 0 Å². The third kappa shape index (κ3) is 7.01. The van der Waals surface area contributed by atoms with Gasteiger partial charge in [-0.3, -0.25) is 4.79 Å². The minimum Gasteiger partial charge on any atom is -0.457 e. The van der Waals surface area contributed by atoms with Gasteiger partial charge >= 0.3 is 11.9 Å². The smallest absolute Gasteiger partial charge is 0.347 e. The number of aliphatic hydroxyl groups excluding tert-OH is 2. The van der Waals surface area contributed by atoms with Crippen LogP contribution in [0, 0.1) is 0 Å². The molecule has 0 aromatic rings. The summed E-state index contributed by atoms with van der Waals surface area (Å²) in [5, 5.41) is 20.0. The Hall–Kier alpha value is -1.40. The lowest BCUT2D eigenvalue weighted by atomic mass is 10.0. The van der Waals surface area contributed by atoms with Crippen LogP contribution >= 0.6 is 0 Å². The molecule has 6 nitrogen and oxygen atoms in total. The topological polar surface area (TPSA) is 93.1 Å². The van der Waals surface area contributed by atoms with Gasteiger partial charge in [-0.1, -0.05) is 45.3 Å². The second-order valence-electron chi connectivity index (χ2n) is 6.19. The number of carbonyl (C=O) groups excluding carboxylic acids is 2. The Morgan fingerprint density at radius 2 is 2.04 bits per heavy atom. The van der Waals surface area contributed by atoms with Crippen molar-refractivity contribution in [1.82, 2.24) is 0 Å². The molecule has 0 fully saturated rings. The van der Waals surface area contributed by atoms with Crippen LogP contribution in [-0.2, 0) is 19.1 Å². The molecule has 2 N–H and O–H groups in total.